The zero-order valence-corrected chi connectivity index (χ0v) is 14.3. The summed E-state index contributed by atoms with van der Waals surface area (Å²) in [5.41, 5.74) is 2.31. The Morgan fingerprint density at radius 3 is 2.60 bits per heavy atom. The van der Waals surface area contributed by atoms with Gasteiger partial charge in [0.1, 0.15) is 0 Å². The van der Waals surface area contributed by atoms with Crippen LogP contribution in [0, 0.1) is 12.3 Å². The van der Waals surface area contributed by atoms with E-state index in [1.807, 2.05) is 19.1 Å². The van der Waals surface area contributed by atoms with Gasteiger partial charge in [0, 0.05) is 13.7 Å². The number of guanidine groups is 1. The lowest BCUT2D eigenvalue weighted by Gasteiger charge is -2.10. The molecule has 0 amide bonds. The highest BCUT2D eigenvalue weighted by atomic mass is 127. The molecule has 0 fully saturated rings. The lowest BCUT2D eigenvalue weighted by molar-refractivity contribution is 0.184. The van der Waals surface area contributed by atoms with E-state index in [0.717, 1.165) is 23.6 Å². The molecule has 0 heterocycles. The average Bonchev–Trinajstić information content (AvgIpc) is 2.43. The van der Waals surface area contributed by atoms with E-state index < -0.39 is 0 Å². The Hall–Kier alpha value is -1.26. The molecule has 110 valence electrons. The summed E-state index contributed by atoms with van der Waals surface area (Å²) in [7, 11) is 1.69. The van der Waals surface area contributed by atoms with Crippen LogP contribution in [-0.4, -0.2) is 26.2 Å². The van der Waals surface area contributed by atoms with E-state index in [1.165, 1.54) is 0 Å². The number of ether oxygens (including phenoxy) is 1. The molecule has 0 unspecified atom stereocenters. The molecule has 0 saturated carbocycles. The second-order valence-electron chi connectivity index (χ2n) is 3.95. The van der Waals surface area contributed by atoms with Gasteiger partial charge in [-0.15, -0.1) is 30.4 Å². The van der Waals surface area contributed by atoms with E-state index in [1.54, 1.807) is 7.11 Å². The van der Waals surface area contributed by atoms with Crippen molar-refractivity contribution in [2.75, 3.05) is 20.2 Å². The van der Waals surface area contributed by atoms with Gasteiger partial charge in [0.15, 0.2) is 5.96 Å². The highest BCUT2D eigenvalue weighted by Gasteiger charge is 2.01. The van der Waals surface area contributed by atoms with Gasteiger partial charge in [-0.25, -0.2) is 4.99 Å². The maximum absolute atomic E-state index is 5.23. The Morgan fingerprint density at radius 2 is 2.00 bits per heavy atom. The van der Waals surface area contributed by atoms with Gasteiger partial charge in [0.05, 0.1) is 19.7 Å². The molecule has 0 saturated heterocycles. The number of halogens is 1. The maximum atomic E-state index is 5.23. The Bertz CT molecular complexity index is 455. The average molecular weight is 387 g/mol. The monoisotopic (exact) mass is 387 g/mol. The molecule has 2 N–H and O–H groups in total. The molecular formula is C15H22IN3O. The van der Waals surface area contributed by atoms with Gasteiger partial charge in [0.2, 0.25) is 0 Å². The van der Waals surface area contributed by atoms with Crippen LogP contribution in [0.4, 0.5) is 0 Å². The number of terminal acetylenes is 1. The molecule has 0 atom stereocenters. The topological polar surface area (TPSA) is 45.7 Å². The number of aliphatic imine (C=N–C) groups is 1. The van der Waals surface area contributed by atoms with Crippen LogP contribution in [0.3, 0.4) is 0 Å². The summed E-state index contributed by atoms with van der Waals surface area (Å²) in [4.78, 5) is 4.51. The predicted octanol–water partition coefficient (Wildman–Crippen LogP) is 2.14. The van der Waals surface area contributed by atoms with Crippen molar-refractivity contribution in [2.45, 2.75) is 20.1 Å². The van der Waals surface area contributed by atoms with Crippen molar-refractivity contribution in [3.8, 4) is 12.3 Å². The third-order valence-electron chi connectivity index (χ3n) is 2.53. The van der Waals surface area contributed by atoms with Crippen LogP contribution in [0.25, 0.3) is 0 Å². The number of methoxy groups -OCH3 is 1. The Morgan fingerprint density at radius 1 is 1.30 bits per heavy atom. The number of hydrogen-bond donors (Lipinski definition) is 2. The molecule has 0 radical (unpaired) electrons. The Labute approximate surface area is 138 Å². The van der Waals surface area contributed by atoms with Gasteiger partial charge in [-0.05, 0) is 18.1 Å². The van der Waals surface area contributed by atoms with Gasteiger partial charge in [0.25, 0.3) is 0 Å². The van der Waals surface area contributed by atoms with E-state index in [-0.39, 0.29) is 24.0 Å². The summed E-state index contributed by atoms with van der Waals surface area (Å²) in [6.07, 6.45) is 5.23. The lowest BCUT2D eigenvalue weighted by atomic mass is 10.1. The van der Waals surface area contributed by atoms with Gasteiger partial charge in [-0.2, -0.15) is 0 Å². The molecule has 0 aliphatic carbocycles. The van der Waals surface area contributed by atoms with E-state index in [9.17, 15) is 0 Å². The molecule has 20 heavy (non-hydrogen) atoms. The summed E-state index contributed by atoms with van der Waals surface area (Å²) in [5.74, 6) is 3.26. The van der Waals surface area contributed by atoms with Crippen molar-refractivity contribution >= 4 is 29.9 Å². The first-order chi connectivity index (χ1) is 9.31. The number of rotatable bonds is 6. The number of nitrogens with one attached hydrogen (secondary N) is 2. The molecule has 0 aromatic heterocycles. The molecule has 1 aromatic rings. The standard InChI is InChI=1S/C15H21N3O.HI/c1-4-10-17-15(16-5-2)18-11-13-8-6-7-9-14(13)12-19-3;/h1,6-9H,5,10-12H2,2-3H3,(H2,16,17,18);1H. The highest BCUT2D eigenvalue weighted by molar-refractivity contribution is 14.0. The molecule has 1 rings (SSSR count). The van der Waals surface area contributed by atoms with Crippen molar-refractivity contribution in [2.24, 2.45) is 4.99 Å². The number of nitrogens with zero attached hydrogens (tertiary/aromatic N) is 1. The maximum Gasteiger partial charge on any atom is 0.192 e. The van der Waals surface area contributed by atoms with Crippen molar-refractivity contribution in [3.05, 3.63) is 35.4 Å². The second kappa shape index (κ2) is 11.6. The quantitative estimate of drug-likeness (QED) is 0.340. The van der Waals surface area contributed by atoms with E-state index >= 15 is 0 Å². The molecule has 0 aliphatic rings. The fourth-order valence-electron chi connectivity index (χ4n) is 1.65. The van der Waals surface area contributed by atoms with Crippen molar-refractivity contribution < 1.29 is 4.74 Å². The number of hydrogen-bond acceptors (Lipinski definition) is 2. The highest BCUT2D eigenvalue weighted by Crippen LogP contribution is 2.10. The largest absolute Gasteiger partial charge is 0.380 e. The van der Waals surface area contributed by atoms with Crippen LogP contribution in [0.1, 0.15) is 18.1 Å². The lowest BCUT2D eigenvalue weighted by Crippen LogP contribution is -2.37. The zero-order valence-electron chi connectivity index (χ0n) is 12.0. The van der Waals surface area contributed by atoms with Gasteiger partial charge in [-0.3, -0.25) is 0 Å². The van der Waals surface area contributed by atoms with E-state index in [0.29, 0.717) is 19.7 Å². The molecular weight excluding hydrogens is 365 g/mol. The van der Waals surface area contributed by atoms with Crippen LogP contribution in [0.2, 0.25) is 0 Å². The molecule has 4 nitrogen and oxygen atoms in total. The molecule has 1 aromatic carbocycles. The number of benzene rings is 1. The summed E-state index contributed by atoms with van der Waals surface area (Å²) in [5, 5.41) is 6.21. The minimum absolute atomic E-state index is 0. The third kappa shape index (κ3) is 6.78. The summed E-state index contributed by atoms with van der Waals surface area (Å²) >= 11 is 0. The van der Waals surface area contributed by atoms with Gasteiger partial charge in [-0.1, -0.05) is 30.2 Å². The van der Waals surface area contributed by atoms with Crippen molar-refractivity contribution in [1.82, 2.24) is 10.6 Å². The van der Waals surface area contributed by atoms with Crippen molar-refractivity contribution in [1.29, 1.82) is 0 Å². The third-order valence-corrected chi connectivity index (χ3v) is 2.53. The van der Waals surface area contributed by atoms with Crippen molar-refractivity contribution in [3.63, 3.8) is 0 Å². The minimum Gasteiger partial charge on any atom is -0.380 e. The summed E-state index contributed by atoms with van der Waals surface area (Å²) in [6.45, 7) is 4.48. The Balaban J connectivity index is 0.00000361. The van der Waals surface area contributed by atoms with E-state index in [2.05, 4.69) is 33.7 Å². The van der Waals surface area contributed by atoms with Crippen LogP contribution < -0.4 is 10.6 Å². The first-order valence-corrected chi connectivity index (χ1v) is 6.33. The van der Waals surface area contributed by atoms with Gasteiger partial charge >= 0.3 is 0 Å². The fourth-order valence-corrected chi connectivity index (χ4v) is 1.65. The SMILES string of the molecule is C#CCNC(=NCc1ccccc1COC)NCC.I. The molecule has 5 heteroatoms. The second-order valence-corrected chi connectivity index (χ2v) is 3.95. The first kappa shape index (κ1) is 18.7. The van der Waals surface area contributed by atoms with Crippen LogP contribution in [-0.2, 0) is 17.9 Å². The molecule has 0 bridgehead atoms. The van der Waals surface area contributed by atoms with E-state index in [4.69, 9.17) is 11.2 Å². The molecule has 0 aliphatic heterocycles. The predicted molar refractivity (Wildman–Crippen MR) is 94.2 cm³/mol. The summed E-state index contributed by atoms with van der Waals surface area (Å²) in [6, 6.07) is 8.12. The minimum atomic E-state index is 0. The fraction of sp³-hybridized carbons (Fsp3) is 0.400. The Kier molecular flexibility index (Phi) is 10.8. The van der Waals surface area contributed by atoms with Crippen LogP contribution in [0.5, 0.6) is 0 Å². The molecule has 0 spiro atoms. The van der Waals surface area contributed by atoms with Gasteiger partial charge < -0.3 is 15.4 Å². The smallest absolute Gasteiger partial charge is 0.192 e. The van der Waals surface area contributed by atoms with Crippen LogP contribution >= 0.6 is 24.0 Å². The first-order valence-electron chi connectivity index (χ1n) is 6.33. The summed E-state index contributed by atoms with van der Waals surface area (Å²) < 4.78 is 5.18. The van der Waals surface area contributed by atoms with Crippen LogP contribution in [0.15, 0.2) is 29.3 Å². The normalized spacial score (nSPS) is 10.3. The zero-order chi connectivity index (χ0) is 13.9.